The van der Waals surface area contributed by atoms with E-state index < -0.39 is 0 Å². The number of aliphatic hydroxyl groups is 1. The van der Waals surface area contributed by atoms with Gasteiger partial charge in [-0.25, -0.2) is 0 Å². The largest absolute Gasteiger partial charge is 0.396 e. The average Bonchev–Trinajstić information content (AvgIpc) is 2.97. The summed E-state index contributed by atoms with van der Waals surface area (Å²) >= 11 is 0. The van der Waals surface area contributed by atoms with Gasteiger partial charge in [0.15, 0.2) is 0 Å². The third-order valence-electron chi connectivity index (χ3n) is 3.81. The van der Waals surface area contributed by atoms with E-state index in [2.05, 4.69) is 11.1 Å². The van der Waals surface area contributed by atoms with Gasteiger partial charge in [0, 0.05) is 25.0 Å². The number of non-ortho nitro benzene ring substituents is 1. The van der Waals surface area contributed by atoms with Gasteiger partial charge < -0.3 is 5.11 Å². The second-order valence-electron chi connectivity index (χ2n) is 5.25. The summed E-state index contributed by atoms with van der Waals surface area (Å²) < 4.78 is 0. The molecule has 1 unspecified atom stereocenters. The van der Waals surface area contributed by atoms with Gasteiger partial charge in [0.05, 0.1) is 4.92 Å². The Morgan fingerprint density at radius 1 is 1.14 bits per heavy atom. The minimum Gasteiger partial charge on any atom is -0.396 e. The van der Waals surface area contributed by atoms with Crippen LogP contribution in [0.4, 0.5) is 5.69 Å². The standard InChI is InChI=1S/C16H20N2O3/c19-13-4-2-1-3-10-16(11-5-12-17-16)14-6-8-15(9-7-14)18(20)21/h5-9,11-12,19H,1-4,10,13H2. The van der Waals surface area contributed by atoms with Crippen molar-refractivity contribution in [3.63, 3.8) is 0 Å². The van der Waals surface area contributed by atoms with Crippen molar-refractivity contribution in [2.45, 2.75) is 37.6 Å². The van der Waals surface area contributed by atoms with Crippen LogP contribution in [0.3, 0.4) is 0 Å². The minimum absolute atomic E-state index is 0.0998. The highest BCUT2D eigenvalue weighted by Crippen LogP contribution is 2.36. The van der Waals surface area contributed by atoms with Crippen LogP contribution in [0, 0.1) is 10.1 Å². The number of aliphatic hydroxyl groups excluding tert-OH is 1. The van der Waals surface area contributed by atoms with Gasteiger partial charge in [0.1, 0.15) is 5.54 Å². The molecule has 1 heterocycles. The lowest BCUT2D eigenvalue weighted by Gasteiger charge is -2.25. The van der Waals surface area contributed by atoms with Gasteiger partial charge in [-0.2, -0.15) is 0 Å². The van der Waals surface area contributed by atoms with Crippen molar-refractivity contribution in [1.29, 1.82) is 0 Å². The Labute approximate surface area is 124 Å². The van der Waals surface area contributed by atoms with Crippen molar-refractivity contribution in [3.8, 4) is 0 Å². The molecule has 0 saturated carbocycles. The van der Waals surface area contributed by atoms with Gasteiger partial charge in [-0.15, -0.1) is 0 Å². The maximum Gasteiger partial charge on any atom is 0.269 e. The number of nitro groups is 1. The van der Waals surface area contributed by atoms with E-state index in [0.29, 0.717) is 0 Å². The zero-order valence-corrected chi connectivity index (χ0v) is 11.9. The molecule has 0 fully saturated rings. The maximum absolute atomic E-state index is 10.7. The molecule has 5 nitrogen and oxygen atoms in total. The fraction of sp³-hybridized carbons (Fsp3) is 0.438. The number of rotatable bonds is 8. The first-order chi connectivity index (χ1) is 10.2. The summed E-state index contributed by atoms with van der Waals surface area (Å²) in [7, 11) is 0. The lowest BCUT2D eigenvalue weighted by Crippen LogP contribution is -2.19. The molecule has 1 atom stereocenters. The summed E-state index contributed by atoms with van der Waals surface area (Å²) in [4.78, 5) is 14.9. The summed E-state index contributed by atoms with van der Waals surface area (Å²) in [6.07, 6.45) is 10.6. The molecular formula is C16H20N2O3. The van der Waals surface area contributed by atoms with Crippen LogP contribution in [0.25, 0.3) is 0 Å². The molecule has 0 aliphatic carbocycles. The molecule has 0 aromatic heterocycles. The summed E-state index contributed by atoms with van der Waals surface area (Å²) in [5.41, 5.74) is 0.706. The Balaban J connectivity index is 2.06. The van der Waals surface area contributed by atoms with Crippen molar-refractivity contribution in [3.05, 3.63) is 52.1 Å². The molecule has 0 spiro atoms. The molecule has 1 aliphatic heterocycles. The van der Waals surface area contributed by atoms with Crippen LogP contribution in [0.5, 0.6) is 0 Å². The molecule has 1 aromatic carbocycles. The Kier molecular flexibility index (Phi) is 5.22. The molecule has 1 aromatic rings. The van der Waals surface area contributed by atoms with Crippen LogP contribution in [0.1, 0.15) is 37.7 Å². The number of unbranched alkanes of at least 4 members (excludes halogenated alkanes) is 3. The van der Waals surface area contributed by atoms with Gasteiger partial charge in [0.2, 0.25) is 0 Å². The average molecular weight is 288 g/mol. The first-order valence-electron chi connectivity index (χ1n) is 7.27. The van der Waals surface area contributed by atoms with Crippen molar-refractivity contribution in [2.75, 3.05) is 6.61 Å². The number of hydrogen-bond acceptors (Lipinski definition) is 4. The van der Waals surface area contributed by atoms with E-state index in [9.17, 15) is 10.1 Å². The summed E-state index contributed by atoms with van der Waals surface area (Å²) in [5, 5.41) is 19.5. The molecule has 0 saturated heterocycles. The van der Waals surface area contributed by atoms with E-state index in [0.717, 1.165) is 37.7 Å². The van der Waals surface area contributed by atoms with Gasteiger partial charge in [-0.3, -0.25) is 15.1 Å². The van der Waals surface area contributed by atoms with Crippen LogP contribution < -0.4 is 0 Å². The highest BCUT2D eigenvalue weighted by molar-refractivity contribution is 5.75. The highest BCUT2D eigenvalue weighted by Gasteiger charge is 2.29. The smallest absolute Gasteiger partial charge is 0.269 e. The monoisotopic (exact) mass is 288 g/mol. The predicted molar refractivity (Wildman–Crippen MR) is 82.6 cm³/mol. The molecule has 0 amide bonds. The van der Waals surface area contributed by atoms with Crippen molar-refractivity contribution >= 4 is 11.9 Å². The van der Waals surface area contributed by atoms with E-state index in [-0.39, 0.29) is 22.8 Å². The van der Waals surface area contributed by atoms with Gasteiger partial charge in [0.25, 0.3) is 5.69 Å². The fourth-order valence-corrected chi connectivity index (χ4v) is 2.62. The lowest BCUT2D eigenvalue weighted by molar-refractivity contribution is -0.384. The lowest BCUT2D eigenvalue weighted by atomic mass is 9.85. The van der Waals surface area contributed by atoms with Gasteiger partial charge in [-0.05, 0) is 36.6 Å². The topological polar surface area (TPSA) is 75.7 Å². The molecule has 21 heavy (non-hydrogen) atoms. The number of hydrogen-bond donors (Lipinski definition) is 1. The SMILES string of the molecule is O=[N+]([O-])c1ccc(C2(CCCCCCO)C=CC=N2)cc1. The number of nitrogens with zero attached hydrogens (tertiary/aromatic N) is 2. The second kappa shape index (κ2) is 7.13. The molecule has 0 bridgehead atoms. The van der Waals surface area contributed by atoms with Crippen LogP contribution in [-0.4, -0.2) is 22.9 Å². The molecule has 1 aliphatic rings. The van der Waals surface area contributed by atoms with Crippen molar-refractivity contribution in [1.82, 2.24) is 0 Å². The molecule has 2 rings (SSSR count). The van der Waals surface area contributed by atoms with E-state index in [1.54, 1.807) is 18.3 Å². The second-order valence-corrected chi connectivity index (χ2v) is 5.25. The van der Waals surface area contributed by atoms with Gasteiger partial charge in [-0.1, -0.05) is 25.3 Å². The van der Waals surface area contributed by atoms with Crippen molar-refractivity contribution < 1.29 is 10.0 Å². The number of benzene rings is 1. The Bertz CT molecular complexity index is 523. The van der Waals surface area contributed by atoms with E-state index in [4.69, 9.17) is 5.11 Å². The Morgan fingerprint density at radius 2 is 1.86 bits per heavy atom. The minimum atomic E-state index is -0.390. The van der Waals surface area contributed by atoms with Crippen LogP contribution >= 0.6 is 0 Å². The summed E-state index contributed by atoms with van der Waals surface area (Å²) in [6.45, 7) is 0.242. The fourth-order valence-electron chi connectivity index (χ4n) is 2.62. The van der Waals surface area contributed by atoms with Crippen molar-refractivity contribution in [2.24, 2.45) is 4.99 Å². The first-order valence-corrected chi connectivity index (χ1v) is 7.27. The van der Waals surface area contributed by atoms with E-state index in [1.165, 1.54) is 12.1 Å². The molecule has 0 radical (unpaired) electrons. The maximum atomic E-state index is 10.7. The molecule has 112 valence electrons. The van der Waals surface area contributed by atoms with E-state index >= 15 is 0 Å². The summed E-state index contributed by atoms with van der Waals surface area (Å²) in [5.74, 6) is 0. The molecular weight excluding hydrogens is 268 g/mol. The molecule has 5 heteroatoms. The number of aliphatic imine (C=N–C) groups is 1. The zero-order chi connectivity index (χ0) is 15.1. The Morgan fingerprint density at radius 3 is 2.43 bits per heavy atom. The summed E-state index contributed by atoms with van der Waals surface area (Å²) in [6, 6.07) is 6.65. The number of nitro benzene ring substituents is 1. The highest BCUT2D eigenvalue weighted by atomic mass is 16.6. The quantitative estimate of drug-likeness (QED) is 0.452. The van der Waals surface area contributed by atoms with Crippen LogP contribution in [0.2, 0.25) is 0 Å². The normalized spacial score (nSPS) is 20.0. The number of allylic oxidation sites excluding steroid dienone is 1. The third kappa shape index (κ3) is 3.76. The zero-order valence-electron chi connectivity index (χ0n) is 11.9. The predicted octanol–water partition coefficient (Wildman–Crippen LogP) is 3.37. The van der Waals surface area contributed by atoms with Crippen LogP contribution in [0.15, 0.2) is 41.4 Å². The van der Waals surface area contributed by atoms with E-state index in [1.807, 2.05) is 6.08 Å². The van der Waals surface area contributed by atoms with Crippen LogP contribution in [-0.2, 0) is 5.54 Å². The molecule has 1 N–H and O–H groups in total. The first kappa shape index (κ1) is 15.4. The van der Waals surface area contributed by atoms with Gasteiger partial charge >= 0.3 is 0 Å². The Hall–Kier alpha value is -2.01. The third-order valence-corrected chi connectivity index (χ3v) is 3.81.